The molecule has 2 aromatic carbocycles. The number of nitrogens with one attached hydrogen (secondary N) is 1. The van der Waals surface area contributed by atoms with Crippen LogP contribution < -0.4 is 5.32 Å². The Balaban J connectivity index is 1.55. The summed E-state index contributed by atoms with van der Waals surface area (Å²) in [6.07, 6.45) is 1.61. The number of rotatable bonds is 7. The molecule has 1 atom stereocenters. The van der Waals surface area contributed by atoms with Crippen LogP contribution in [0.4, 0.5) is 5.69 Å². The molecule has 152 valence electrons. The van der Waals surface area contributed by atoms with Crippen molar-refractivity contribution in [1.82, 2.24) is 14.8 Å². The van der Waals surface area contributed by atoms with Gasteiger partial charge in [0.05, 0.1) is 18.1 Å². The van der Waals surface area contributed by atoms with Crippen molar-refractivity contribution in [3.05, 3.63) is 84.1 Å². The molecule has 0 aliphatic carbocycles. The van der Waals surface area contributed by atoms with Crippen LogP contribution in [0.25, 0.3) is 11.6 Å². The maximum atomic E-state index is 12.7. The highest BCUT2D eigenvalue weighted by atomic mass is 32.2. The van der Waals surface area contributed by atoms with E-state index >= 15 is 0 Å². The minimum absolute atomic E-state index is 0.0855. The van der Waals surface area contributed by atoms with Gasteiger partial charge in [-0.15, -0.1) is 10.2 Å². The van der Waals surface area contributed by atoms with Crippen molar-refractivity contribution in [2.75, 3.05) is 5.32 Å². The van der Waals surface area contributed by atoms with Crippen LogP contribution in [0.3, 0.4) is 0 Å². The Kier molecular flexibility index (Phi) is 5.99. The number of anilines is 1. The lowest BCUT2D eigenvalue weighted by Gasteiger charge is -2.13. The Morgan fingerprint density at radius 3 is 2.53 bits per heavy atom. The van der Waals surface area contributed by atoms with E-state index in [0.717, 1.165) is 16.8 Å². The Labute approximate surface area is 179 Å². The lowest BCUT2D eigenvalue weighted by atomic mass is 10.2. The zero-order valence-corrected chi connectivity index (χ0v) is 17.6. The van der Waals surface area contributed by atoms with E-state index in [9.17, 15) is 4.79 Å². The average molecular weight is 419 g/mol. The molecule has 4 aromatic rings. The van der Waals surface area contributed by atoms with Crippen LogP contribution in [0.1, 0.15) is 18.1 Å². The molecule has 2 aromatic heterocycles. The van der Waals surface area contributed by atoms with Gasteiger partial charge in [-0.25, -0.2) is 0 Å². The smallest absolute Gasteiger partial charge is 0.237 e. The fourth-order valence-corrected chi connectivity index (χ4v) is 3.81. The first-order valence-electron chi connectivity index (χ1n) is 9.65. The highest BCUT2D eigenvalue weighted by molar-refractivity contribution is 8.00. The van der Waals surface area contributed by atoms with E-state index in [4.69, 9.17) is 4.42 Å². The van der Waals surface area contributed by atoms with Gasteiger partial charge in [0.25, 0.3) is 0 Å². The van der Waals surface area contributed by atoms with Crippen LogP contribution >= 0.6 is 11.8 Å². The topological polar surface area (TPSA) is 73.0 Å². The number of amides is 1. The highest BCUT2D eigenvalue weighted by Gasteiger charge is 2.22. The summed E-state index contributed by atoms with van der Waals surface area (Å²) < 4.78 is 7.52. The van der Waals surface area contributed by atoms with E-state index in [1.807, 2.05) is 85.1 Å². The minimum Gasteiger partial charge on any atom is -0.461 e. The summed E-state index contributed by atoms with van der Waals surface area (Å²) >= 11 is 1.37. The monoisotopic (exact) mass is 418 g/mol. The van der Waals surface area contributed by atoms with E-state index in [2.05, 4.69) is 15.5 Å². The first kappa shape index (κ1) is 20.0. The number of nitrogens with zero attached hydrogens (tertiary/aromatic N) is 3. The zero-order chi connectivity index (χ0) is 20.9. The van der Waals surface area contributed by atoms with E-state index in [-0.39, 0.29) is 11.2 Å². The van der Waals surface area contributed by atoms with Crippen molar-refractivity contribution in [3.8, 4) is 11.6 Å². The first-order chi connectivity index (χ1) is 14.6. The lowest BCUT2D eigenvalue weighted by Crippen LogP contribution is -2.23. The van der Waals surface area contributed by atoms with Crippen LogP contribution in [-0.4, -0.2) is 25.9 Å². The van der Waals surface area contributed by atoms with Crippen molar-refractivity contribution in [1.29, 1.82) is 0 Å². The van der Waals surface area contributed by atoms with Crippen molar-refractivity contribution < 1.29 is 9.21 Å². The minimum atomic E-state index is -0.352. The standard InChI is InChI=1S/C23H22N4O2S/c1-16-10-12-19(13-11-16)24-22(28)17(2)30-23-26-25-21(20-9-6-14-29-20)27(23)15-18-7-4-3-5-8-18/h3-14,17H,15H2,1-2H3,(H,24,28). The van der Waals surface area contributed by atoms with Gasteiger partial charge in [0.15, 0.2) is 10.9 Å². The van der Waals surface area contributed by atoms with E-state index in [0.29, 0.717) is 23.3 Å². The van der Waals surface area contributed by atoms with Crippen LogP contribution in [0, 0.1) is 6.92 Å². The molecule has 0 aliphatic heterocycles. The van der Waals surface area contributed by atoms with Gasteiger partial charge in [-0.2, -0.15) is 0 Å². The third-order valence-corrected chi connectivity index (χ3v) is 5.69. The molecule has 1 N–H and O–H groups in total. The molecule has 0 spiro atoms. The molecule has 6 nitrogen and oxygen atoms in total. The van der Waals surface area contributed by atoms with Crippen molar-refractivity contribution >= 4 is 23.4 Å². The number of carbonyl (C=O) groups is 1. The number of benzene rings is 2. The number of aromatic nitrogens is 3. The molecule has 4 rings (SSSR count). The number of furan rings is 1. The molecule has 2 heterocycles. The molecule has 30 heavy (non-hydrogen) atoms. The third kappa shape index (κ3) is 4.63. The second-order valence-electron chi connectivity index (χ2n) is 6.97. The fraction of sp³-hybridized carbons (Fsp3) is 0.174. The second-order valence-corrected chi connectivity index (χ2v) is 8.28. The SMILES string of the molecule is Cc1ccc(NC(=O)C(C)Sc2nnc(-c3ccco3)n2Cc2ccccc2)cc1. The van der Waals surface area contributed by atoms with E-state index in [1.54, 1.807) is 6.26 Å². The Hall–Kier alpha value is -3.32. The van der Waals surface area contributed by atoms with Gasteiger partial charge in [-0.05, 0) is 43.7 Å². The molecule has 0 saturated heterocycles. The van der Waals surface area contributed by atoms with Crippen LogP contribution in [0.2, 0.25) is 0 Å². The molecule has 0 radical (unpaired) electrons. The van der Waals surface area contributed by atoms with Crippen molar-refractivity contribution in [3.63, 3.8) is 0 Å². The van der Waals surface area contributed by atoms with Gasteiger partial charge in [0.1, 0.15) is 0 Å². The van der Waals surface area contributed by atoms with Gasteiger partial charge >= 0.3 is 0 Å². The number of thioether (sulfide) groups is 1. The second kappa shape index (κ2) is 9.00. The molecular weight excluding hydrogens is 396 g/mol. The van der Waals surface area contributed by atoms with Gasteiger partial charge in [0, 0.05) is 5.69 Å². The summed E-state index contributed by atoms with van der Waals surface area (Å²) in [6, 6.07) is 21.5. The molecule has 0 saturated carbocycles. The van der Waals surface area contributed by atoms with Gasteiger partial charge in [0.2, 0.25) is 11.7 Å². The molecule has 0 aliphatic rings. The normalized spacial score (nSPS) is 11.9. The predicted molar refractivity (Wildman–Crippen MR) is 118 cm³/mol. The summed E-state index contributed by atoms with van der Waals surface area (Å²) in [5, 5.41) is 11.9. The molecule has 0 fully saturated rings. The van der Waals surface area contributed by atoms with Crippen LogP contribution in [0.5, 0.6) is 0 Å². The Bertz CT molecular complexity index is 1110. The number of hydrogen-bond acceptors (Lipinski definition) is 5. The summed E-state index contributed by atoms with van der Waals surface area (Å²) in [4.78, 5) is 12.7. The maximum absolute atomic E-state index is 12.7. The van der Waals surface area contributed by atoms with Crippen LogP contribution in [-0.2, 0) is 11.3 Å². The van der Waals surface area contributed by atoms with Crippen molar-refractivity contribution in [2.45, 2.75) is 30.8 Å². The number of aryl methyl sites for hydroxylation is 1. The van der Waals surface area contributed by atoms with Gasteiger partial charge in [-0.1, -0.05) is 59.8 Å². The molecular formula is C23H22N4O2S. The Morgan fingerprint density at radius 1 is 1.07 bits per heavy atom. The summed E-state index contributed by atoms with van der Waals surface area (Å²) in [6.45, 7) is 4.46. The van der Waals surface area contributed by atoms with Crippen LogP contribution in [0.15, 0.2) is 82.6 Å². The average Bonchev–Trinajstić information content (AvgIpc) is 3.41. The largest absolute Gasteiger partial charge is 0.461 e. The Morgan fingerprint density at radius 2 is 1.83 bits per heavy atom. The van der Waals surface area contributed by atoms with E-state index in [1.165, 1.54) is 11.8 Å². The highest BCUT2D eigenvalue weighted by Crippen LogP contribution is 2.28. The zero-order valence-electron chi connectivity index (χ0n) is 16.8. The van der Waals surface area contributed by atoms with Gasteiger partial charge in [-0.3, -0.25) is 9.36 Å². The summed E-state index contributed by atoms with van der Waals surface area (Å²) in [5.74, 6) is 1.19. The number of carbonyl (C=O) groups excluding carboxylic acids is 1. The summed E-state index contributed by atoms with van der Waals surface area (Å²) in [7, 11) is 0. The number of hydrogen-bond donors (Lipinski definition) is 1. The molecule has 1 unspecified atom stereocenters. The van der Waals surface area contributed by atoms with E-state index < -0.39 is 0 Å². The molecule has 7 heteroatoms. The summed E-state index contributed by atoms with van der Waals surface area (Å²) in [5.41, 5.74) is 3.04. The maximum Gasteiger partial charge on any atom is 0.237 e. The van der Waals surface area contributed by atoms with Gasteiger partial charge < -0.3 is 9.73 Å². The van der Waals surface area contributed by atoms with Crippen molar-refractivity contribution in [2.24, 2.45) is 0 Å². The fourth-order valence-electron chi connectivity index (χ4n) is 2.96. The molecule has 0 bridgehead atoms. The first-order valence-corrected chi connectivity index (χ1v) is 10.5. The lowest BCUT2D eigenvalue weighted by molar-refractivity contribution is -0.115. The quantitative estimate of drug-likeness (QED) is 0.427. The third-order valence-electron chi connectivity index (χ3n) is 4.61. The predicted octanol–water partition coefficient (Wildman–Crippen LogP) is 5.01. The molecule has 1 amide bonds.